The van der Waals surface area contributed by atoms with Gasteiger partial charge in [0.05, 0.1) is 18.3 Å². The molecule has 1 saturated carbocycles. The zero-order chi connectivity index (χ0) is 9.86. The predicted octanol–water partition coefficient (Wildman–Crippen LogP) is 1.06. The summed E-state index contributed by atoms with van der Waals surface area (Å²) in [7, 11) is 0. The van der Waals surface area contributed by atoms with Crippen molar-refractivity contribution in [3.8, 4) is 0 Å². The Labute approximate surface area is 85.8 Å². The average molecular weight is 199 g/mol. The monoisotopic (exact) mass is 199 g/mol. The largest absolute Gasteiger partial charge is 0.387 e. The van der Waals surface area contributed by atoms with Crippen LogP contribution in [-0.4, -0.2) is 36.5 Å². The molecule has 3 nitrogen and oxygen atoms in total. The Hall–Kier alpha value is -0.120. The summed E-state index contributed by atoms with van der Waals surface area (Å²) in [5.41, 5.74) is -0.503. The zero-order valence-corrected chi connectivity index (χ0v) is 8.80. The third-order valence-corrected chi connectivity index (χ3v) is 3.37. The van der Waals surface area contributed by atoms with Crippen LogP contribution in [0.4, 0.5) is 0 Å². The molecular formula is C11H21NO2. The Balaban J connectivity index is 1.70. The first-order valence-electron chi connectivity index (χ1n) is 5.83. The van der Waals surface area contributed by atoms with E-state index in [1.165, 1.54) is 6.42 Å². The molecule has 0 aromatic rings. The van der Waals surface area contributed by atoms with Gasteiger partial charge in [0.15, 0.2) is 0 Å². The number of piperidine rings is 1. The van der Waals surface area contributed by atoms with E-state index < -0.39 is 5.60 Å². The fourth-order valence-corrected chi connectivity index (χ4v) is 2.41. The van der Waals surface area contributed by atoms with Gasteiger partial charge in [0.25, 0.3) is 0 Å². The summed E-state index contributed by atoms with van der Waals surface area (Å²) < 4.78 is 5.76. The van der Waals surface area contributed by atoms with Gasteiger partial charge in [0, 0.05) is 6.54 Å². The first kappa shape index (κ1) is 10.4. The van der Waals surface area contributed by atoms with Gasteiger partial charge in [-0.1, -0.05) is 12.8 Å². The molecule has 1 atom stereocenters. The Morgan fingerprint density at radius 3 is 2.71 bits per heavy atom. The van der Waals surface area contributed by atoms with Crippen LogP contribution in [0.2, 0.25) is 0 Å². The maximum absolute atomic E-state index is 10.1. The molecule has 2 rings (SSSR count). The fraction of sp³-hybridized carbons (Fsp3) is 1.00. The first-order chi connectivity index (χ1) is 6.79. The lowest BCUT2D eigenvalue weighted by molar-refractivity contribution is -0.0735. The second-order valence-corrected chi connectivity index (χ2v) is 4.71. The van der Waals surface area contributed by atoms with Gasteiger partial charge in [0.2, 0.25) is 0 Å². The van der Waals surface area contributed by atoms with Crippen molar-refractivity contribution in [2.24, 2.45) is 0 Å². The minimum Gasteiger partial charge on any atom is -0.387 e. The van der Waals surface area contributed by atoms with E-state index in [0.29, 0.717) is 12.7 Å². The van der Waals surface area contributed by atoms with Gasteiger partial charge in [-0.3, -0.25) is 0 Å². The highest BCUT2D eigenvalue weighted by atomic mass is 16.5. The van der Waals surface area contributed by atoms with Crippen molar-refractivity contribution in [1.82, 2.24) is 5.32 Å². The lowest BCUT2D eigenvalue weighted by Crippen LogP contribution is -2.39. The highest BCUT2D eigenvalue weighted by Crippen LogP contribution is 2.30. The molecule has 0 bridgehead atoms. The lowest BCUT2D eigenvalue weighted by atomic mass is 10.0. The van der Waals surface area contributed by atoms with E-state index in [2.05, 4.69) is 5.32 Å². The summed E-state index contributed by atoms with van der Waals surface area (Å²) >= 11 is 0. The normalized spacial score (nSPS) is 31.9. The summed E-state index contributed by atoms with van der Waals surface area (Å²) in [6.07, 6.45) is 6.83. The first-order valence-corrected chi connectivity index (χ1v) is 5.83. The minimum atomic E-state index is -0.503. The molecule has 0 amide bonds. The number of nitrogens with one attached hydrogen (secondary N) is 1. The molecule has 0 aromatic carbocycles. The Kier molecular flexibility index (Phi) is 3.42. The van der Waals surface area contributed by atoms with Gasteiger partial charge in [-0.2, -0.15) is 0 Å². The molecule has 2 aliphatic rings. The minimum absolute atomic E-state index is 0.327. The number of hydrogen-bond acceptors (Lipinski definition) is 3. The molecular weight excluding hydrogens is 178 g/mol. The van der Waals surface area contributed by atoms with E-state index in [1.54, 1.807) is 0 Å². The van der Waals surface area contributed by atoms with Crippen LogP contribution in [0.3, 0.4) is 0 Å². The van der Waals surface area contributed by atoms with Gasteiger partial charge in [-0.05, 0) is 32.2 Å². The molecule has 82 valence electrons. The second-order valence-electron chi connectivity index (χ2n) is 4.71. The standard InChI is InChI=1S/C11H21NO2/c13-11(5-1-2-6-11)9-14-10-4-3-7-12-8-10/h10,12-13H,1-9H2. The van der Waals surface area contributed by atoms with Gasteiger partial charge < -0.3 is 15.2 Å². The fourth-order valence-electron chi connectivity index (χ4n) is 2.41. The lowest BCUT2D eigenvalue weighted by Gasteiger charge is -2.28. The van der Waals surface area contributed by atoms with E-state index in [9.17, 15) is 5.11 Å². The SMILES string of the molecule is OC1(COC2CCCNC2)CCCC1. The van der Waals surface area contributed by atoms with Crippen LogP contribution >= 0.6 is 0 Å². The van der Waals surface area contributed by atoms with Crippen LogP contribution in [0.5, 0.6) is 0 Å². The van der Waals surface area contributed by atoms with Crippen molar-refractivity contribution in [2.75, 3.05) is 19.7 Å². The third-order valence-electron chi connectivity index (χ3n) is 3.37. The van der Waals surface area contributed by atoms with Crippen LogP contribution in [0, 0.1) is 0 Å². The smallest absolute Gasteiger partial charge is 0.0880 e. The number of hydrogen-bond donors (Lipinski definition) is 2. The molecule has 0 spiro atoms. The highest BCUT2D eigenvalue weighted by Gasteiger charge is 2.32. The van der Waals surface area contributed by atoms with Crippen molar-refractivity contribution < 1.29 is 9.84 Å². The molecule has 0 radical (unpaired) electrons. The summed E-state index contributed by atoms with van der Waals surface area (Å²) in [6.45, 7) is 2.61. The number of rotatable bonds is 3. The van der Waals surface area contributed by atoms with Crippen molar-refractivity contribution in [1.29, 1.82) is 0 Å². The van der Waals surface area contributed by atoms with Crippen LogP contribution < -0.4 is 5.32 Å². The van der Waals surface area contributed by atoms with Crippen LogP contribution in [0.25, 0.3) is 0 Å². The highest BCUT2D eigenvalue weighted by molar-refractivity contribution is 4.84. The number of ether oxygens (including phenoxy) is 1. The average Bonchev–Trinajstić information content (AvgIpc) is 2.65. The van der Waals surface area contributed by atoms with E-state index in [0.717, 1.165) is 45.2 Å². The van der Waals surface area contributed by atoms with Crippen molar-refractivity contribution in [3.05, 3.63) is 0 Å². The van der Waals surface area contributed by atoms with Gasteiger partial charge >= 0.3 is 0 Å². The predicted molar refractivity (Wildman–Crippen MR) is 55.3 cm³/mol. The Morgan fingerprint density at radius 2 is 2.07 bits per heavy atom. The zero-order valence-electron chi connectivity index (χ0n) is 8.80. The third kappa shape index (κ3) is 2.69. The molecule has 0 aromatic heterocycles. The number of aliphatic hydroxyl groups is 1. The van der Waals surface area contributed by atoms with Crippen LogP contribution in [0.15, 0.2) is 0 Å². The Morgan fingerprint density at radius 1 is 1.29 bits per heavy atom. The summed E-state index contributed by atoms with van der Waals surface area (Å²) in [5, 5.41) is 13.4. The summed E-state index contributed by atoms with van der Waals surface area (Å²) in [6, 6.07) is 0. The molecule has 1 heterocycles. The molecule has 2 fully saturated rings. The maximum Gasteiger partial charge on any atom is 0.0880 e. The van der Waals surface area contributed by atoms with Gasteiger partial charge in [-0.15, -0.1) is 0 Å². The summed E-state index contributed by atoms with van der Waals surface area (Å²) in [5.74, 6) is 0. The molecule has 1 aliphatic carbocycles. The summed E-state index contributed by atoms with van der Waals surface area (Å²) in [4.78, 5) is 0. The molecule has 1 aliphatic heterocycles. The van der Waals surface area contributed by atoms with Gasteiger partial charge in [-0.25, -0.2) is 0 Å². The van der Waals surface area contributed by atoms with Crippen LogP contribution in [-0.2, 0) is 4.74 Å². The van der Waals surface area contributed by atoms with E-state index in [1.807, 2.05) is 0 Å². The topological polar surface area (TPSA) is 41.5 Å². The maximum atomic E-state index is 10.1. The van der Waals surface area contributed by atoms with E-state index in [-0.39, 0.29) is 0 Å². The molecule has 1 unspecified atom stereocenters. The molecule has 14 heavy (non-hydrogen) atoms. The van der Waals surface area contributed by atoms with Crippen molar-refractivity contribution in [2.45, 2.75) is 50.2 Å². The van der Waals surface area contributed by atoms with E-state index in [4.69, 9.17) is 4.74 Å². The van der Waals surface area contributed by atoms with Crippen molar-refractivity contribution in [3.63, 3.8) is 0 Å². The molecule has 2 N–H and O–H groups in total. The Bertz CT molecular complexity index is 172. The van der Waals surface area contributed by atoms with Crippen LogP contribution in [0.1, 0.15) is 38.5 Å². The van der Waals surface area contributed by atoms with E-state index >= 15 is 0 Å². The van der Waals surface area contributed by atoms with Crippen molar-refractivity contribution >= 4 is 0 Å². The van der Waals surface area contributed by atoms with Gasteiger partial charge in [0.1, 0.15) is 0 Å². The molecule has 3 heteroatoms. The quantitative estimate of drug-likeness (QED) is 0.714. The second kappa shape index (κ2) is 4.60. The molecule has 1 saturated heterocycles.